The van der Waals surface area contributed by atoms with E-state index < -0.39 is 8.32 Å². The summed E-state index contributed by atoms with van der Waals surface area (Å²) in [5.74, 6) is -0.346. The lowest BCUT2D eigenvalue weighted by molar-refractivity contribution is 0.0654. The number of hydrogen-bond donors (Lipinski definition) is 1. The second-order valence-electron chi connectivity index (χ2n) is 12.7. The van der Waals surface area contributed by atoms with Crippen LogP contribution in [0.1, 0.15) is 65.8 Å². The summed E-state index contributed by atoms with van der Waals surface area (Å²) in [6, 6.07) is 25.6. The lowest BCUT2D eigenvalue weighted by Crippen LogP contribution is -2.67. The quantitative estimate of drug-likeness (QED) is 0.275. The maximum absolute atomic E-state index is 13.6. The second kappa shape index (κ2) is 11.8. The molecule has 3 aromatic carbocycles. The third-order valence-electron chi connectivity index (χ3n) is 8.84. The van der Waals surface area contributed by atoms with E-state index >= 15 is 0 Å². The van der Waals surface area contributed by atoms with Crippen molar-refractivity contribution in [2.24, 2.45) is 0 Å². The summed E-state index contributed by atoms with van der Waals surface area (Å²) in [6.45, 7) is 9.82. The summed E-state index contributed by atoms with van der Waals surface area (Å²) in [6.07, 6.45) is 0.540. The first-order chi connectivity index (χ1) is 21.0. The SMILES string of the molecule is C[C@@H]1Cc2nn3c(c2CN1C(=O)c1ccc(Cl)c(Cl)c1)C(=O)NC[C@H]3CO[Si](c1ccccc1)(c1ccccc1)C(C)(C)C. The molecule has 1 aromatic heterocycles. The molecule has 2 aliphatic heterocycles. The molecule has 1 N–H and O–H groups in total. The minimum absolute atomic E-state index is 0.115. The lowest BCUT2D eigenvalue weighted by atomic mass is 9.97. The zero-order chi connectivity index (χ0) is 31.2. The van der Waals surface area contributed by atoms with Crippen LogP contribution in [0.2, 0.25) is 15.1 Å². The van der Waals surface area contributed by atoms with Crippen LogP contribution in [0.5, 0.6) is 0 Å². The van der Waals surface area contributed by atoms with Gasteiger partial charge in [0, 0.05) is 30.1 Å². The van der Waals surface area contributed by atoms with E-state index in [1.807, 2.05) is 23.7 Å². The van der Waals surface area contributed by atoms with Crippen LogP contribution >= 0.6 is 23.2 Å². The summed E-state index contributed by atoms with van der Waals surface area (Å²) in [4.78, 5) is 28.7. The van der Waals surface area contributed by atoms with Gasteiger partial charge in [0.1, 0.15) is 5.69 Å². The summed E-state index contributed by atoms with van der Waals surface area (Å²) in [7, 11) is -2.79. The molecule has 10 heteroatoms. The van der Waals surface area contributed by atoms with E-state index in [1.54, 1.807) is 23.1 Å². The van der Waals surface area contributed by atoms with Crippen molar-refractivity contribution >= 4 is 53.7 Å². The van der Waals surface area contributed by atoms with Gasteiger partial charge in [-0.2, -0.15) is 5.10 Å². The highest BCUT2D eigenvalue weighted by Gasteiger charge is 2.51. The molecule has 0 bridgehead atoms. The molecule has 2 atom stereocenters. The van der Waals surface area contributed by atoms with Crippen LogP contribution in [0.15, 0.2) is 78.9 Å². The average molecular weight is 648 g/mol. The number of carbonyl (C=O) groups excluding carboxylic acids is 2. The van der Waals surface area contributed by atoms with Gasteiger partial charge in [0.15, 0.2) is 0 Å². The number of carbonyl (C=O) groups is 2. The molecule has 0 radical (unpaired) electrons. The third kappa shape index (κ3) is 5.28. The first kappa shape index (κ1) is 30.6. The van der Waals surface area contributed by atoms with E-state index in [9.17, 15) is 9.59 Å². The topological polar surface area (TPSA) is 76.5 Å². The van der Waals surface area contributed by atoms with E-state index in [4.69, 9.17) is 32.7 Å². The van der Waals surface area contributed by atoms with Gasteiger partial charge in [-0.05, 0) is 40.5 Å². The van der Waals surface area contributed by atoms with E-state index in [-0.39, 0.29) is 35.5 Å². The number of benzene rings is 3. The fraction of sp³-hybridized carbons (Fsp3) is 0.324. The molecule has 0 saturated carbocycles. The van der Waals surface area contributed by atoms with Gasteiger partial charge in [-0.3, -0.25) is 14.3 Å². The van der Waals surface area contributed by atoms with Gasteiger partial charge >= 0.3 is 0 Å². The van der Waals surface area contributed by atoms with Gasteiger partial charge in [-0.1, -0.05) is 105 Å². The van der Waals surface area contributed by atoms with Gasteiger partial charge in [-0.25, -0.2) is 0 Å². The molecular weight excluding hydrogens is 611 g/mol. The highest BCUT2D eigenvalue weighted by Crippen LogP contribution is 2.38. The van der Waals surface area contributed by atoms with Crippen LogP contribution < -0.4 is 15.7 Å². The molecule has 2 aliphatic rings. The summed E-state index contributed by atoms with van der Waals surface area (Å²) >= 11 is 12.3. The van der Waals surface area contributed by atoms with Crippen molar-refractivity contribution in [2.75, 3.05) is 13.2 Å². The molecule has 0 unspecified atom stereocenters. The van der Waals surface area contributed by atoms with Crippen LogP contribution in [0, 0.1) is 0 Å². The number of aromatic nitrogens is 2. The van der Waals surface area contributed by atoms with Crippen molar-refractivity contribution in [3.8, 4) is 0 Å². The average Bonchev–Trinajstić information content (AvgIpc) is 3.38. The largest absolute Gasteiger partial charge is 0.405 e. The zero-order valence-corrected chi connectivity index (χ0v) is 27.8. The van der Waals surface area contributed by atoms with Gasteiger partial charge in [0.2, 0.25) is 0 Å². The highest BCUT2D eigenvalue weighted by molar-refractivity contribution is 6.99. The Morgan fingerprint density at radius 2 is 1.64 bits per heavy atom. The van der Waals surface area contributed by atoms with Crippen LogP contribution in [0.25, 0.3) is 0 Å². The Labute approximate surface area is 269 Å². The van der Waals surface area contributed by atoms with Crippen molar-refractivity contribution in [1.29, 1.82) is 0 Å². The Morgan fingerprint density at radius 1 is 1.00 bits per heavy atom. The molecule has 0 saturated heterocycles. The number of rotatable bonds is 6. The predicted octanol–water partition coefficient (Wildman–Crippen LogP) is 5.64. The Hall–Kier alpha value is -3.43. The number of halogens is 2. The minimum atomic E-state index is -2.79. The fourth-order valence-electron chi connectivity index (χ4n) is 6.63. The summed E-state index contributed by atoms with van der Waals surface area (Å²) < 4.78 is 9.08. The molecule has 228 valence electrons. The van der Waals surface area contributed by atoms with Crippen molar-refractivity contribution in [3.63, 3.8) is 0 Å². The van der Waals surface area contributed by atoms with Crippen LogP contribution in [0.3, 0.4) is 0 Å². The summed E-state index contributed by atoms with van der Waals surface area (Å²) in [5.41, 5.74) is 2.58. The van der Waals surface area contributed by atoms with Crippen molar-refractivity contribution in [3.05, 3.63) is 111 Å². The van der Waals surface area contributed by atoms with Crippen molar-refractivity contribution < 1.29 is 14.0 Å². The molecule has 0 spiro atoms. The monoisotopic (exact) mass is 646 g/mol. The molecule has 7 nitrogen and oxygen atoms in total. The predicted molar refractivity (Wildman–Crippen MR) is 177 cm³/mol. The normalized spacial score (nSPS) is 18.4. The van der Waals surface area contributed by atoms with Gasteiger partial charge in [-0.15, -0.1) is 0 Å². The number of nitrogens with one attached hydrogen (secondary N) is 1. The molecule has 3 heterocycles. The van der Waals surface area contributed by atoms with Crippen LogP contribution in [-0.4, -0.2) is 54.0 Å². The summed E-state index contributed by atoms with van der Waals surface area (Å²) in [5, 5.41) is 11.0. The van der Waals surface area contributed by atoms with E-state index in [0.29, 0.717) is 40.9 Å². The maximum Gasteiger partial charge on any atom is 0.270 e. The second-order valence-corrected chi connectivity index (χ2v) is 17.8. The Bertz CT molecular complexity index is 1670. The van der Waals surface area contributed by atoms with Crippen LogP contribution in [-0.2, 0) is 17.4 Å². The number of fused-ring (bicyclic) bond motifs is 3. The molecule has 2 amide bonds. The molecule has 6 rings (SSSR count). The first-order valence-corrected chi connectivity index (χ1v) is 17.6. The van der Waals surface area contributed by atoms with E-state index in [1.165, 1.54) is 10.4 Å². The highest BCUT2D eigenvalue weighted by atomic mass is 35.5. The third-order valence-corrected chi connectivity index (χ3v) is 14.6. The molecule has 0 aliphatic carbocycles. The van der Waals surface area contributed by atoms with E-state index in [0.717, 1.165) is 11.3 Å². The Morgan fingerprint density at radius 3 is 2.23 bits per heavy atom. The Balaban J connectivity index is 1.34. The van der Waals surface area contributed by atoms with Crippen LogP contribution in [0.4, 0.5) is 0 Å². The number of amides is 2. The smallest absolute Gasteiger partial charge is 0.270 e. The molecule has 0 fully saturated rings. The minimum Gasteiger partial charge on any atom is -0.405 e. The van der Waals surface area contributed by atoms with E-state index in [2.05, 4.69) is 74.6 Å². The number of nitrogens with zero attached hydrogens (tertiary/aromatic N) is 3. The molecule has 44 heavy (non-hydrogen) atoms. The molecule has 4 aromatic rings. The van der Waals surface area contributed by atoms with Gasteiger partial charge in [0.05, 0.1) is 34.9 Å². The lowest BCUT2D eigenvalue weighted by Gasteiger charge is -2.44. The van der Waals surface area contributed by atoms with Crippen molar-refractivity contribution in [1.82, 2.24) is 20.0 Å². The number of hydrogen-bond acceptors (Lipinski definition) is 4. The van der Waals surface area contributed by atoms with Gasteiger partial charge in [0.25, 0.3) is 20.1 Å². The maximum atomic E-state index is 13.6. The zero-order valence-electron chi connectivity index (χ0n) is 25.3. The van der Waals surface area contributed by atoms with Gasteiger partial charge < -0.3 is 14.6 Å². The molecular formula is C34H36Cl2N4O3Si. The fourth-order valence-corrected chi connectivity index (χ4v) is 11.5. The van der Waals surface area contributed by atoms with Crippen molar-refractivity contribution in [2.45, 2.75) is 57.8 Å². The first-order valence-electron chi connectivity index (χ1n) is 14.9. The standard InChI is InChI=1S/C34H36Cl2N4O3Si/c1-22-17-30-27(20-39(22)33(42)23-15-16-28(35)29(36)18-23)31-32(41)37-19-24(40(31)38-30)21-43-44(34(2,3)4,25-11-7-5-8-12-25)26-13-9-6-10-14-26/h5-16,18,22,24H,17,19-21H2,1-4H3,(H,37,41)/t22-,24+/m1/s1. The Kier molecular flexibility index (Phi) is 8.22.